The molecule has 0 bridgehead atoms. The number of phenols is 3. The third-order valence-electron chi connectivity index (χ3n) is 6.73. The average Bonchev–Trinajstić information content (AvgIpc) is 2.86. The van der Waals surface area contributed by atoms with E-state index in [1.54, 1.807) is 13.2 Å². The standard InChI is InChI=1S/C31H28O4/c1-18(2)21-13-8-14-24(29(21)33)31(35-3)25-17-20-10-5-7-12-23(20)28(30(25)34)27-22-11-6-4-9-19(22)15-16-26(27)32/h4-18,31-34H,1-3H3. The van der Waals surface area contributed by atoms with Crippen molar-refractivity contribution in [2.75, 3.05) is 7.11 Å². The van der Waals surface area contributed by atoms with Crippen molar-refractivity contribution in [2.45, 2.75) is 25.9 Å². The van der Waals surface area contributed by atoms with E-state index in [2.05, 4.69) is 0 Å². The van der Waals surface area contributed by atoms with Crippen LogP contribution in [0.25, 0.3) is 32.7 Å². The van der Waals surface area contributed by atoms with Gasteiger partial charge < -0.3 is 20.1 Å². The van der Waals surface area contributed by atoms with Crippen LogP contribution in [0, 0.1) is 0 Å². The largest absolute Gasteiger partial charge is 0.507 e. The van der Waals surface area contributed by atoms with E-state index in [4.69, 9.17) is 4.74 Å². The van der Waals surface area contributed by atoms with E-state index in [9.17, 15) is 15.3 Å². The topological polar surface area (TPSA) is 69.9 Å². The number of hydrogen-bond acceptors (Lipinski definition) is 4. The van der Waals surface area contributed by atoms with Gasteiger partial charge in [0.15, 0.2) is 0 Å². The second-order valence-corrected chi connectivity index (χ2v) is 9.15. The van der Waals surface area contributed by atoms with Crippen LogP contribution in [0.15, 0.2) is 84.9 Å². The highest BCUT2D eigenvalue weighted by Crippen LogP contribution is 2.49. The highest BCUT2D eigenvalue weighted by atomic mass is 16.5. The Morgan fingerprint density at radius 1 is 0.600 bits per heavy atom. The van der Waals surface area contributed by atoms with Crippen LogP contribution >= 0.6 is 0 Å². The molecule has 176 valence electrons. The molecule has 0 heterocycles. The van der Waals surface area contributed by atoms with Crippen molar-refractivity contribution in [3.8, 4) is 28.4 Å². The van der Waals surface area contributed by atoms with Gasteiger partial charge in [-0.2, -0.15) is 0 Å². The maximum atomic E-state index is 11.8. The monoisotopic (exact) mass is 464 g/mol. The molecule has 0 radical (unpaired) electrons. The zero-order valence-corrected chi connectivity index (χ0v) is 20.0. The molecule has 0 saturated heterocycles. The van der Waals surface area contributed by atoms with E-state index >= 15 is 0 Å². The molecule has 1 unspecified atom stereocenters. The van der Waals surface area contributed by atoms with E-state index in [0.717, 1.165) is 27.1 Å². The third-order valence-corrected chi connectivity index (χ3v) is 6.73. The summed E-state index contributed by atoms with van der Waals surface area (Å²) in [6.07, 6.45) is -0.714. The molecule has 4 nitrogen and oxygen atoms in total. The summed E-state index contributed by atoms with van der Waals surface area (Å²) in [5, 5.41) is 37.4. The summed E-state index contributed by atoms with van der Waals surface area (Å²) in [5.74, 6) is 0.383. The van der Waals surface area contributed by atoms with Gasteiger partial charge in [0.25, 0.3) is 0 Å². The quantitative estimate of drug-likeness (QED) is 0.250. The first kappa shape index (κ1) is 22.8. The lowest BCUT2D eigenvalue weighted by Crippen LogP contribution is -2.07. The van der Waals surface area contributed by atoms with Crippen LogP contribution in [0.1, 0.15) is 42.6 Å². The molecule has 4 heteroatoms. The van der Waals surface area contributed by atoms with Gasteiger partial charge >= 0.3 is 0 Å². The smallest absolute Gasteiger partial charge is 0.130 e. The minimum Gasteiger partial charge on any atom is -0.507 e. The Morgan fingerprint density at radius 3 is 1.91 bits per heavy atom. The highest BCUT2D eigenvalue weighted by Gasteiger charge is 2.27. The predicted molar refractivity (Wildman–Crippen MR) is 141 cm³/mol. The number of para-hydroxylation sites is 1. The van der Waals surface area contributed by atoms with Gasteiger partial charge in [0.05, 0.1) is 0 Å². The third kappa shape index (κ3) is 3.76. The zero-order valence-electron chi connectivity index (χ0n) is 20.0. The number of methoxy groups -OCH3 is 1. The molecule has 0 fully saturated rings. The Balaban J connectivity index is 1.85. The molecule has 35 heavy (non-hydrogen) atoms. The molecule has 5 aromatic carbocycles. The molecule has 5 aromatic rings. The van der Waals surface area contributed by atoms with Crippen LogP contribution < -0.4 is 0 Å². The van der Waals surface area contributed by atoms with Gasteiger partial charge in [0.2, 0.25) is 0 Å². The Labute approximate surface area is 204 Å². The number of hydrogen-bond donors (Lipinski definition) is 3. The van der Waals surface area contributed by atoms with Crippen LogP contribution in [0.5, 0.6) is 17.2 Å². The van der Waals surface area contributed by atoms with E-state index in [0.29, 0.717) is 22.3 Å². The second-order valence-electron chi connectivity index (χ2n) is 9.15. The van der Waals surface area contributed by atoms with Gasteiger partial charge in [0, 0.05) is 29.4 Å². The number of ether oxygens (including phenoxy) is 1. The van der Waals surface area contributed by atoms with Crippen LogP contribution in [-0.2, 0) is 4.74 Å². The molecular weight excluding hydrogens is 436 g/mol. The first-order valence-electron chi connectivity index (χ1n) is 11.7. The van der Waals surface area contributed by atoms with Gasteiger partial charge in [-0.1, -0.05) is 86.6 Å². The summed E-state index contributed by atoms with van der Waals surface area (Å²) in [6, 6.07) is 26.6. The molecule has 0 spiro atoms. The molecule has 0 aliphatic rings. The van der Waals surface area contributed by atoms with Crippen LogP contribution in [0.4, 0.5) is 0 Å². The Hall–Kier alpha value is -4.02. The zero-order chi connectivity index (χ0) is 24.7. The lowest BCUT2D eigenvalue weighted by atomic mass is 9.87. The van der Waals surface area contributed by atoms with Crippen molar-refractivity contribution in [1.82, 2.24) is 0 Å². The van der Waals surface area contributed by atoms with E-state index in [-0.39, 0.29) is 23.2 Å². The maximum Gasteiger partial charge on any atom is 0.130 e. The van der Waals surface area contributed by atoms with Crippen molar-refractivity contribution in [3.05, 3.63) is 102 Å². The van der Waals surface area contributed by atoms with Gasteiger partial charge in [-0.3, -0.25) is 0 Å². The lowest BCUT2D eigenvalue weighted by Gasteiger charge is -2.24. The van der Waals surface area contributed by atoms with Gasteiger partial charge in [-0.05, 0) is 45.2 Å². The normalized spacial score (nSPS) is 12.5. The Morgan fingerprint density at radius 2 is 1.23 bits per heavy atom. The summed E-state index contributed by atoms with van der Waals surface area (Å²) >= 11 is 0. The van der Waals surface area contributed by atoms with Crippen molar-refractivity contribution in [3.63, 3.8) is 0 Å². The van der Waals surface area contributed by atoms with Crippen molar-refractivity contribution in [2.24, 2.45) is 0 Å². The fourth-order valence-electron chi connectivity index (χ4n) is 5.01. The van der Waals surface area contributed by atoms with Crippen molar-refractivity contribution < 1.29 is 20.1 Å². The number of rotatable bonds is 5. The minimum absolute atomic E-state index is 0.0107. The molecule has 3 N–H and O–H groups in total. The first-order valence-corrected chi connectivity index (χ1v) is 11.7. The summed E-state index contributed by atoms with van der Waals surface area (Å²) < 4.78 is 5.89. The van der Waals surface area contributed by atoms with Crippen LogP contribution in [-0.4, -0.2) is 22.4 Å². The SMILES string of the molecule is COC(c1cccc(C(C)C)c1O)c1cc2ccccc2c(-c2c(O)ccc3ccccc23)c1O. The number of phenolic OH excluding ortho intramolecular Hbond substituents is 3. The van der Waals surface area contributed by atoms with E-state index in [1.807, 2.05) is 92.7 Å². The maximum absolute atomic E-state index is 11.8. The lowest BCUT2D eigenvalue weighted by molar-refractivity contribution is 0.131. The highest BCUT2D eigenvalue weighted by molar-refractivity contribution is 6.10. The Bertz CT molecular complexity index is 1550. The molecule has 0 saturated carbocycles. The molecule has 0 aliphatic heterocycles. The van der Waals surface area contributed by atoms with E-state index in [1.165, 1.54) is 0 Å². The van der Waals surface area contributed by atoms with Crippen LogP contribution in [0.3, 0.4) is 0 Å². The molecular formula is C31H28O4. The van der Waals surface area contributed by atoms with Crippen LogP contribution in [0.2, 0.25) is 0 Å². The summed E-state index contributed by atoms with van der Waals surface area (Å²) in [7, 11) is 1.57. The number of aromatic hydroxyl groups is 3. The minimum atomic E-state index is -0.714. The summed E-state index contributed by atoms with van der Waals surface area (Å²) in [6.45, 7) is 4.05. The fraction of sp³-hybridized carbons (Fsp3) is 0.161. The molecule has 0 amide bonds. The van der Waals surface area contributed by atoms with Gasteiger partial charge in [0.1, 0.15) is 23.4 Å². The summed E-state index contributed by atoms with van der Waals surface area (Å²) in [4.78, 5) is 0. The van der Waals surface area contributed by atoms with Gasteiger partial charge in [-0.25, -0.2) is 0 Å². The Kier molecular flexibility index (Phi) is 5.83. The molecule has 1 atom stereocenters. The van der Waals surface area contributed by atoms with Crippen molar-refractivity contribution >= 4 is 21.5 Å². The molecule has 0 aromatic heterocycles. The molecule has 5 rings (SSSR count). The molecule has 0 aliphatic carbocycles. The fourth-order valence-corrected chi connectivity index (χ4v) is 5.01. The predicted octanol–water partition coefficient (Wildman–Crippen LogP) is 7.64. The van der Waals surface area contributed by atoms with Crippen molar-refractivity contribution in [1.29, 1.82) is 0 Å². The van der Waals surface area contributed by atoms with E-state index < -0.39 is 6.10 Å². The number of fused-ring (bicyclic) bond motifs is 2. The second kappa shape index (κ2) is 8.97. The summed E-state index contributed by atoms with van der Waals surface area (Å²) in [5.41, 5.74) is 3.02. The average molecular weight is 465 g/mol. The van der Waals surface area contributed by atoms with Gasteiger partial charge in [-0.15, -0.1) is 0 Å². The first-order chi connectivity index (χ1) is 16.9. The number of benzene rings is 5.